The summed E-state index contributed by atoms with van der Waals surface area (Å²) in [6.07, 6.45) is 0.171. The highest BCUT2D eigenvalue weighted by Crippen LogP contribution is 2.28. The van der Waals surface area contributed by atoms with Gasteiger partial charge in [0.1, 0.15) is 5.82 Å². The monoisotopic (exact) mass is 318 g/mol. The van der Waals surface area contributed by atoms with Crippen molar-refractivity contribution in [2.75, 3.05) is 16.8 Å². The lowest BCUT2D eigenvalue weighted by molar-refractivity contribution is 0.0980. The standard InChI is InChI=1S/C16H12ClFN2O2/c17-10-1-4-12(5-2-10)19-16(22)20-8-7-15(21)13-9-11(18)3-6-14(13)20/h1-6,9H,7-8H2,(H,19,22). The highest BCUT2D eigenvalue weighted by molar-refractivity contribution is 6.30. The van der Waals surface area contributed by atoms with E-state index < -0.39 is 5.82 Å². The molecule has 0 saturated heterocycles. The lowest BCUT2D eigenvalue weighted by Crippen LogP contribution is -2.40. The van der Waals surface area contributed by atoms with Gasteiger partial charge in [-0.2, -0.15) is 0 Å². The van der Waals surface area contributed by atoms with Crippen molar-refractivity contribution >= 4 is 34.8 Å². The lowest BCUT2D eigenvalue weighted by Gasteiger charge is -2.28. The van der Waals surface area contributed by atoms with Crippen LogP contribution in [0.5, 0.6) is 0 Å². The van der Waals surface area contributed by atoms with Crippen LogP contribution in [0.25, 0.3) is 0 Å². The molecule has 0 fully saturated rings. The van der Waals surface area contributed by atoms with E-state index in [2.05, 4.69) is 5.32 Å². The third-order valence-electron chi connectivity index (χ3n) is 3.45. The minimum Gasteiger partial charge on any atom is -0.308 e. The Bertz CT molecular complexity index is 746. The summed E-state index contributed by atoms with van der Waals surface area (Å²) in [5, 5.41) is 3.30. The first-order chi connectivity index (χ1) is 10.5. The maximum Gasteiger partial charge on any atom is 0.326 e. The van der Waals surface area contributed by atoms with Crippen LogP contribution in [0.15, 0.2) is 42.5 Å². The van der Waals surface area contributed by atoms with Crippen molar-refractivity contribution in [2.45, 2.75) is 6.42 Å². The van der Waals surface area contributed by atoms with Gasteiger partial charge in [-0.25, -0.2) is 9.18 Å². The number of fused-ring (bicyclic) bond motifs is 1. The van der Waals surface area contributed by atoms with E-state index in [1.807, 2.05) is 0 Å². The quantitative estimate of drug-likeness (QED) is 0.860. The summed E-state index contributed by atoms with van der Waals surface area (Å²) < 4.78 is 13.3. The second-order valence-electron chi connectivity index (χ2n) is 4.92. The lowest BCUT2D eigenvalue weighted by atomic mass is 10.0. The number of amides is 2. The molecule has 22 heavy (non-hydrogen) atoms. The molecule has 0 aliphatic carbocycles. The maximum absolute atomic E-state index is 13.3. The number of anilines is 2. The van der Waals surface area contributed by atoms with Crippen molar-refractivity contribution in [3.63, 3.8) is 0 Å². The molecule has 1 N–H and O–H groups in total. The van der Waals surface area contributed by atoms with Gasteiger partial charge in [0.2, 0.25) is 0 Å². The van der Waals surface area contributed by atoms with E-state index >= 15 is 0 Å². The number of nitrogens with one attached hydrogen (secondary N) is 1. The van der Waals surface area contributed by atoms with Crippen LogP contribution in [0.1, 0.15) is 16.8 Å². The summed E-state index contributed by atoms with van der Waals surface area (Å²) in [5.41, 5.74) is 1.25. The number of carbonyl (C=O) groups excluding carboxylic acids is 2. The first-order valence-electron chi connectivity index (χ1n) is 6.71. The minimum absolute atomic E-state index is 0.162. The fourth-order valence-electron chi connectivity index (χ4n) is 2.37. The zero-order chi connectivity index (χ0) is 15.7. The van der Waals surface area contributed by atoms with Gasteiger partial charge in [0.25, 0.3) is 0 Å². The van der Waals surface area contributed by atoms with Crippen LogP contribution >= 0.6 is 11.6 Å². The molecular formula is C16H12ClFN2O2. The molecule has 1 aliphatic rings. The third kappa shape index (κ3) is 2.80. The van der Waals surface area contributed by atoms with Crippen LogP contribution in [-0.2, 0) is 0 Å². The smallest absolute Gasteiger partial charge is 0.308 e. The van der Waals surface area contributed by atoms with E-state index in [1.165, 1.54) is 23.1 Å². The summed E-state index contributed by atoms with van der Waals surface area (Å²) in [5.74, 6) is -0.655. The zero-order valence-electron chi connectivity index (χ0n) is 11.5. The fraction of sp³-hybridized carbons (Fsp3) is 0.125. The molecule has 2 aromatic rings. The summed E-state index contributed by atoms with van der Waals surface area (Å²) in [6.45, 7) is 0.261. The second-order valence-corrected chi connectivity index (χ2v) is 5.36. The normalized spacial score (nSPS) is 13.7. The van der Waals surface area contributed by atoms with E-state index in [9.17, 15) is 14.0 Å². The first kappa shape index (κ1) is 14.5. The number of benzene rings is 2. The molecule has 2 amide bonds. The molecule has 0 saturated carbocycles. The van der Waals surface area contributed by atoms with E-state index in [1.54, 1.807) is 24.3 Å². The van der Waals surface area contributed by atoms with Gasteiger partial charge >= 0.3 is 6.03 Å². The van der Waals surface area contributed by atoms with Crippen molar-refractivity contribution in [2.24, 2.45) is 0 Å². The van der Waals surface area contributed by atoms with Gasteiger partial charge in [-0.3, -0.25) is 9.69 Å². The van der Waals surface area contributed by atoms with Crippen molar-refractivity contribution in [3.8, 4) is 0 Å². The Kier molecular flexibility index (Phi) is 3.81. The fourth-order valence-corrected chi connectivity index (χ4v) is 2.50. The molecule has 1 heterocycles. The molecule has 1 aliphatic heterocycles. The third-order valence-corrected chi connectivity index (χ3v) is 3.70. The Labute approximate surface area is 131 Å². The Morgan fingerprint density at radius 1 is 1.18 bits per heavy atom. The van der Waals surface area contributed by atoms with E-state index in [4.69, 9.17) is 11.6 Å². The molecule has 0 aromatic heterocycles. The highest BCUT2D eigenvalue weighted by Gasteiger charge is 2.27. The molecule has 0 bridgehead atoms. The predicted molar refractivity (Wildman–Crippen MR) is 83.2 cm³/mol. The number of hydrogen-bond acceptors (Lipinski definition) is 2. The molecule has 0 spiro atoms. The minimum atomic E-state index is -0.493. The first-order valence-corrected chi connectivity index (χ1v) is 7.09. The molecule has 0 radical (unpaired) electrons. The summed E-state index contributed by atoms with van der Waals surface area (Å²) in [4.78, 5) is 25.7. The van der Waals surface area contributed by atoms with Crippen LogP contribution in [0.2, 0.25) is 5.02 Å². The summed E-state index contributed by atoms with van der Waals surface area (Å²) >= 11 is 5.80. The highest BCUT2D eigenvalue weighted by atomic mass is 35.5. The molecule has 6 heteroatoms. The van der Waals surface area contributed by atoms with Gasteiger partial charge < -0.3 is 5.32 Å². The van der Waals surface area contributed by atoms with Crippen LogP contribution in [0.4, 0.5) is 20.6 Å². The molecule has 2 aromatic carbocycles. The van der Waals surface area contributed by atoms with Crippen LogP contribution in [0.3, 0.4) is 0 Å². The number of halogens is 2. The van der Waals surface area contributed by atoms with E-state index in [-0.39, 0.29) is 30.3 Å². The van der Waals surface area contributed by atoms with Gasteiger partial charge in [0.05, 0.1) is 5.69 Å². The van der Waals surface area contributed by atoms with Crippen LogP contribution in [0, 0.1) is 5.82 Å². The zero-order valence-corrected chi connectivity index (χ0v) is 12.2. The Hall–Kier alpha value is -2.40. The number of carbonyl (C=O) groups is 2. The topological polar surface area (TPSA) is 49.4 Å². The Morgan fingerprint density at radius 3 is 2.64 bits per heavy atom. The second kappa shape index (κ2) is 5.77. The number of ketones is 1. The molecule has 0 atom stereocenters. The van der Waals surface area contributed by atoms with E-state index in [0.29, 0.717) is 16.4 Å². The van der Waals surface area contributed by atoms with Crippen molar-refractivity contribution in [1.82, 2.24) is 0 Å². The number of Topliss-reactive ketones (excluding diaryl/α,β-unsaturated/α-hetero) is 1. The average Bonchev–Trinajstić information content (AvgIpc) is 2.50. The average molecular weight is 319 g/mol. The molecule has 4 nitrogen and oxygen atoms in total. The van der Waals surface area contributed by atoms with Crippen molar-refractivity contribution < 1.29 is 14.0 Å². The summed E-state index contributed by atoms with van der Waals surface area (Å²) in [6, 6.07) is 10.2. The van der Waals surface area contributed by atoms with Gasteiger partial charge in [0.15, 0.2) is 5.78 Å². The van der Waals surface area contributed by atoms with Crippen LogP contribution in [-0.4, -0.2) is 18.4 Å². The maximum atomic E-state index is 13.3. The van der Waals surface area contributed by atoms with Gasteiger partial charge in [-0.05, 0) is 42.5 Å². The number of urea groups is 1. The molecular weight excluding hydrogens is 307 g/mol. The van der Waals surface area contributed by atoms with Crippen molar-refractivity contribution in [1.29, 1.82) is 0 Å². The molecule has 112 valence electrons. The number of rotatable bonds is 1. The van der Waals surface area contributed by atoms with Gasteiger partial charge in [0, 0.05) is 29.2 Å². The number of nitrogens with zero attached hydrogens (tertiary/aromatic N) is 1. The van der Waals surface area contributed by atoms with E-state index in [0.717, 1.165) is 0 Å². The predicted octanol–water partition coefficient (Wildman–Crippen LogP) is 4.10. The van der Waals surface area contributed by atoms with Crippen LogP contribution < -0.4 is 10.2 Å². The summed E-state index contributed by atoms with van der Waals surface area (Å²) in [7, 11) is 0. The number of hydrogen-bond donors (Lipinski definition) is 1. The largest absolute Gasteiger partial charge is 0.326 e. The van der Waals surface area contributed by atoms with Gasteiger partial charge in [-0.15, -0.1) is 0 Å². The molecule has 0 unspecified atom stereocenters. The van der Waals surface area contributed by atoms with Crippen molar-refractivity contribution in [3.05, 3.63) is 58.9 Å². The molecule has 3 rings (SSSR count). The SMILES string of the molecule is O=C1CCN(C(=O)Nc2ccc(Cl)cc2)c2ccc(F)cc21. The van der Waals surface area contributed by atoms with Gasteiger partial charge in [-0.1, -0.05) is 11.6 Å². The Balaban J connectivity index is 1.86. The Morgan fingerprint density at radius 2 is 1.91 bits per heavy atom.